The monoisotopic (exact) mass is 1050 g/mol. The van der Waals surface area contributed by atoms with Crippen LogP contribution in [-0.2, 0) is 34.3 Å². The minimum atomic E-state index is -4.13. The lowest BCUT2D eigenvalue weighted by atomic mass is 9.89. The van der Waals surface area contributed by atoms with Gasteiger partial charge in [0.05, 0.1) is 39.3 Å². The molecule has 0 bridgehead atoms. The number of likely N-dealkylation sites (tertiary alicyclic amines) is 1. The highest BCUT2D eigenvalue weighted by Crippen LogP contribution is 2.52. The second-order valence-electron chi connectivity index (χ2n) is 18.7. The summed E-state index contributed by atoms with van der Waals surface area (Å²) < 4.78 is 139. The van der Waals surface area contributed by atoms with Crippen LogP contribution in [0.15, 0.2) is 72.9 Å². The van der Waals surface area contributed by atoms with Crippen molar-refractivity contribution in [1.29, 1.82) is 0 Å². The molecule has 3 amide bonds. The van der Waals surface area contributed by atoms with E-state index in [4.69, 9.17) is 20.4 Å². The van der Waals surface area contributed by atoms with Crippen LogP contribution in [0.25, 0.3) is 32.7 Å². The normalized spacial score (nSPS) is 16.4. The Balaban J connectivity index is 1.06. The first kappa shape index (κ1) is 51.2. The molecule has 384 valence electrons. The minimum absolute atomic E-state index is 0.0155. The Labute approximate surface area is 419 Å². The maximum atomic E-state index is 15.3. The molecule has 1 saturated heterocycles. The lowest BCUT2D eigenvalue weighted by Gasteiger charge is -2.29. The highest BCUT2D eigenvalue weighted by molar-refractivity contribution is 7.19. The molecule has 4 aromatic heterocycles. The fourth-order valence-corrected chi connectivity index (χ4v) is 9.80. The molecule has 1 unspecified atom stereocenters. The summed E-state index contributed by atoms with van der Waals surface area (Å²) in [4.78, 5) is 58.1. The van der Waals surface area contributed by atoms with Gasteiger partial charge in [0.25, 0.3) is 24.2 Å². The number of aromatic amines is 1. The number of carbonyl (C=O) groups is 3. The number of ether oxygens (including phenoxy) is 1. The van der Waals surface area contributed by atoms with Crippen molar-refractivity contribution in [1.82, 2.24) is 39.9 Å². The standard InChI is InChI=1S/C51H42F9N9O4S/c1-49(2,3)73-48(72)68-16-4-5-36(68)46-62-23-35(64-46)27-9-6-25(7-10-27)8-13-39-65-47-37(74-39)22-31(28-11-12-33(54)32(20-28)45(61)71)41(66-47)34(19-26-17-29(52)21-30(53)18-26)63-38(70)24-69-43-40(42(67-69)44(55)56)50(57,58)14-15-51(43,59)60/h6-7,9-12,17-18,20-23,34,36,44H,4-5,14-16,19,24H2,1-3H3,(H2,61,71)(H,62,64)(H,63,70)/t34-,36?/m0/s1. The fraction of sp³-hybridized carbons (Fsp3) is 0.314. The van der Waals surface area contributed by atoms with E-state index in [-0.39, 0.29) is 43.8 Å². The highest BCUT2D eigenvalue weighted by atomic mass is 32.1. The van der Waals surface area contributed by atoms with Gasteiger partial charge >= 0.3 is 6.09 Å². The van der Waals surface area contributed by atoms with Gasteiger partial charge in [-0.05, 0) is 99.5 Å². The van der Waals surface area contributed by atoms with Crippen LogP contribution in [0.2, 0.25) is 0 Å². The number of fused-ring (bicyclic) bond motifs is 2. The Hall–Kier alpha value is -7.74. The van der Waals surface area contributed by atoms with E-state index in [1.807, 2.05) is 12.1 Å². The number of carbonyl (C=O) groups excluding carboxylic acids is 3. The topological polar surface area (TPSA) is 174 Å². The number of hydrogen-bond donors (Lipinski definition) is 3. The number of halogens is 9. The zero-order valence-corrected chi connectivity index (χ0v) is 40.1. The molecule has 0 radical (unpaired) electrons. The number of nitrogens with one attached hydrogen (secondary N) is 2. The molecule has 0 saturated carbocycles. The van der Waals surface area contributed by atoms with E-state index in [0.717, 1.165) is 47.6 Å². The van der Waals surface area contributed by atoms with Gasteiger partial charge in [0, 0.05) is 48.3 Å². The summed E-state index contributed by atoms with van der Waals surface area (Å²) in [6.45, 7) is 4.64. The number of amides is 3. The van der Waals surface area contributed by atoms with E-state index < -0.39 is 114 Å². The van der Waals surface area contributed by atoms with E-state index in [9.17, 15) is 36.3 Å². The van der Waals surface area contributed by atoms with Crippen LogP contribution in [0.5, 0.6) is 0 Å². The number of alkyl halides is 6. The van der Waals surface area contributed by atoms with Gasteiger partial charge in [-0.3, -0.25) is 19.2 Å². The average molecular weight is 1050 g/mol. The van der Waals surface area contributed by atoms with Gasteiger partial charge in [-0.2, -0.15) is 13.9 Å². The Morgan fingerprint density at radius 1 is 0.905 bits per heavy atom. The van der Waals surface area contributed by atoms with Crippen LogP contribution in [0.3, 0.4) is 0 Å². The Bertz CT molecular complexity index is 3390. The first-order valence-corrected chi connectivity index (χ1v) is 23.7. The Morgan fingerprint density at radius 2 is 1.61 bits per heavy atom. The van der Waals surface area contributed by atoms with Crippen LogP contribution >= 0.6 is 11.3 Å². The van der Waals surface area contributed by atoms with Crippen molar-refractivity contribution in [3.8, 4) is 34.2 Å². The molecule has 2 aliphatic rings. The smallest absolute Gasteiger partial charge is 0.410 e. The van der Waals surface area contributed by atoms with Gasteiger partial charge in [-0.15, -0.1) is 11.3 Å². The molecule has 1 aliphatic heterocycles. The van der Waals surface area contributed by atoms with Crippen molar-refractivity contribution in [2.45, 2.75) is 95.4 Å². The number of thiazole rings is 1. The largest absolute Gasteiger partial charge is 0.444 e. The SMILES string of the molecule is CC(C)(C)OC(=O)N1CCCC1c1nc(-c2ccc(C#Cc3nc4nc([C@H](Cc5cc(F)cc(F)c5)NC(=O)Cn5nc(C(F)F)c6c5C(F)(F)CCC6(F)F)c(-c5ccc(F)c(C(N)=O)c5)cc4s3)cc2)c[nH]1. The van der Waals surface area contributed by atoms with E-state index in [1.165, 1.54) is 12.1 Å². The lowest BCUT2D eigenvalue weighted by Crippen LogP contribution is -2.37. The lowest BCUT2D eigenvalue weighted by molar-refractivity contribution is -0.123. The number of aromatic nitrogens is 6. The van der Waals surface area contributed by atoms with Crippen molar-refractivity contribution < 1.29 is 58.6 Å². The van der Waals surface area contributed by atoms with Gasteiger partial charge in [-0.1, -0.05) is 24.1 Å². The molecular formula is C51H42F9N9O4S. The third-order valence-electron chi connectivity index (χ3n) is 12.2. The third kappa shape index (κ3) is 10.7. The molecule has 2 atom stereocenters. The second-order valence-corrected chi connectivity index (χ2v) is 19.8. The van der Waals surface area contributed by atoms with Crippen LogP contribution in [0, 0.1) is 29.3 Å². The molecule has 9 rings (SSSR count). The van der Waals surface area contributed by atoms with Crippen LogP contribution < -0.4 is 11.1 Å². The van der Waals surface area contributed by atoms with Crippen LogP contribution in [0.4, 0.5) is 44.3 Å². The maximum Gasteiger partial charge on any atom is 0.410 e. The summed E-state index contributed by atoms with van der Waals surface area (Å²) in [5.41, 5.74) is 1.31. The van der Waals surface area contributed by atoms with Crippen molar-refractivity contribution in [2.75, 3.05) is 6.54 Å². The van der Waals surface area contributed by atoms with Gasteiger partial charge in [0.15, 0.2) is 10.7 Å². The average Bonchev–Trinajstić information content (AvgIpc) is 4.15. The summed E-state index contributed by atoms with van der Waals surface area (Å²) in [5.74, 6) is -7.03. The molecule has 13 nitrogen and oxygen atoms in total. The molecule has 0 spiro atoms. The second kappa shape index (κ2) is 19.6. The quantitative estimate of drug-likeness (QED) is 0.0848. The number of nitrogens with two attached hydrogens (primary N) is 1. The zero-order valence-electron chi connectivity index (χ0n) is 39.3. The van der Waals surface area contributed by atoms with E-state index >= 15 is 17.6 Å². The van der Waals surface area contributed by atoms with E-state index in [2.05, 4.69) is 32.2 Å². The molecule has 4 N–H and O–H groups in total. The van der Waals surface area contributed by atoms with Crippen molar-refractivity contribution in [2.24, 2.45) is 5.73 Å². The minimum Gasteiger partial charge on any atom is -0.444 e. The molecule has 74 heavy (non-hydrogen) atoms. The number of H-pyrrole nitrogens is 1. The summed E-state index contributed by atoms with van der Waals surface area (Å²) in [6.07, 6.45) is -4.29. The summed E-state index contributed by atoms with van der Waals surface area (Å²) >= 11 is 1.06. The van der Waals surface area contributed by atoms with Crippen LogP contribution in [-0.4, -0.2) is 64.7 Å². The Morgan fingerprint density at radius 3 is 2.30 bits per heavy atom. The van der Waals surface area contributed by atoms with Gasteiger partial charge in [-0.25, -0.2) is 50.5 Å². The molecule has 7 aromatic rings. The van der Waals surface area contributed by atoms with E-state index in [0.29, 0.717) is 40.8 Å². The molecule has 1 aliphatic carbocycles. The fourth-order valence-electron chi connectivity index (χ4n) is 9.00. The number of primary amides is 1. The number of nitrogens with zero attached hydrogens (tertiary/aromatic N) is 6. The number of benzene rings is 3. The predicted octanol–water partition coefficient (Wildman–Crippen LogP) is 10.9. The third-order valence-corrected chi connectivity index (χ3v) is 13.1. The van der Waals surface area contributed by atoms with Crippen LogP contribution in [0.1, 0.15) is 120 Å². The molecule has 3 aromatic carbocycles. The summed E-state index contributed by atoms with van der Waals surface area (Å²) in [7, 11) is 0. The molecule has 23 heteroatoms. The number of imidazole rings is 1. The number of hydrogen-bond acceptors (Lipinski definition) is 9. The zero-order chi connectivity index (χ0) is 53.0. The van der Waals surface area contributed by atoms with Crippen molar-refractivity contribution >= 4 is 39.6 Å². The van der Waals surface area contributed by atoms with Gasteiger partial charge < -0.3 is 20.8 Å². The first-order valence-electron chi connectivity index (χ1n) is 22.9. The molecule has 5 heterocycles. The van der Waals surface area contributed by atoms with Crippen molar-refractivity contribution in [3.63, 3.8) is 0 Å². The molecule has 1 fully saturated rings. The maximum absolute atomic E-state index is 15.3. The first-order chi connectivity index (χ1) is 34.9. The summed E-state index contributed by atoms with van der Waals surface area (Å²) in [6, 6.07) is 12.6. The highest BCUT2D eigenvalue weighted by Gasteiger charge is 2.55. The Kier molecular flexibility index (Phi) is 13.6. The van der Waals surface area contributed by atoms with Gasteiger partial charge in [0.1, 0.15) is 46.8 Å². The van der Waals surface area contributed by atoms with Gasteiger partial charge in [0.2, 0.25) is 5.91 Å². The molecular weight excluding hydrogens is 1010 g/mol. The van der Waals surface area contributed by atoms with E-state index in [1.54, 1.807) is 44.0 Å². The summed E-state index contributed by atoms with van der Waals surface area (Å²) in [5, 5.41) is 6.09. The predicted molar refractivity (Wildman–Crippen MR) is 251 cm³/mol. The number of rotatable bonds is 11. The van der Waals surface area contributed by atoms with Crippen molar-refractivity contribution in [3.05, 3.63) is 141 Å². The number of pyridine rings is 1.